The van der Waals surface area contributed by atoms with Gasteiger partial charge in [-0.3, -0.25) is 19.2 Å². The van der Waals surface area contributed by atoms with Crippen LogP contribution in [-0.2, 0) is 39.8 Å². The zero-order chi connectivity index (χ0) is 47.5. The summed E-state index contributed by atoms with van der Waals surface area (Å²) in [6.07, 6.45) is 3.39. The first-order chi connectivity index (χ1) is 30.3. The quantitative estimate of drug-likeness (QED) is 0.0689. The Morgan fingerprint density at radius 1 is 1.16 bits per heavy atom. The summed E-state index contributed by atoms with van der Waals surface area (Å²) in [5, 5.41) is 23.9. The van der Waals surface area contributed by atoms with Crippen LogP contribution in [0.1, 0.15) is 87.0 Å². The van der Waals surface area contributed by atoms with Crippen molar-refractivity contribution in [2.45, 2.75) is 154 Å². The highest BCUT2D eigenvalue weighted by atomic mass is 32.2. The van der Waals surface area contributed by atoms with Gasteiger partial charge in [0.05, 0.1) is 30.0 Å². The summed E-state index contributed by atoms with van der Waals surface area (Å²) >= 11 is 0.250. The van der Waals surface area contributed by atoms with Crippen LogP contribution in [0.15, 0.2) is 43.1 Å². The number of benzene rings is 1. The number of nitrogens with one attached hydrogen (secondary N) is 1. The number of nitrogens with zero attached hydrogens (tertiary/aromatic N) is 5. The zero-order valence-corrected chi connectivity index (χ0v) is 40.5. The lowest BCUT2D eigenvalue weighted by molar-refractivity contribution is -0.297. The summed E-state index contributed by atoms with van der Waals surface area (Å²) in [5.74, 6) is -3.30. The summed E-state index contributed by atoms with van der Waals surface area (Å²) in [5.41, 5.74) is 5.87. The molecule has 18 heteroatoms. The Hall–Kier alpha value is -3.65. The molecule has 13 atom stereocenters. The third-order valence-corrected chi connectivity index (χ3v) is 13.1. The van der Waals surface area contributed by atoms with Crippen LogP contribution in [0.5, 0.6) is 0 Å². The molecule has 1 amide bonds. The molecule has 0 spiro atoms. The second-order valence-electron chi connectivity index (χ2n) is 18.2. The monoisotopic (exact) mass is 920 g/mol. The maximum Gasteiger partial charge on any atom is 0.410 e. The van der Waals surface area contributed by atoms with Crippen molar-refractivity contribution in [1.82, 2.24) is 30.1 Å². The van der Waals surface area contributed by atoms with E-state index in [1.54, 1.807) is 29.7 Å². The molecule has 5 rings (SSSR count). The summed E-state index contributed by atoms with van der Waals surface area (Å²) < 4.78 is 43.9. The van der Waals surface area contributed by atoms with Crippen LogP contribution in [0.3, 0.4) is 0 Å². The van der Waals surface area contributed by atoms with E-state index in [0.717, 1.165) is 11.3 Å². The Labute approximate surface area is 383 Å². The number of likely N-dealkylation sites (N-methyl/N-ethyl adjacent to an activating group) is 1. The predicted molar refractivity (Wildman–Crippen MR) is 246 cm³/mol. The van der Waals surface area contributed by atoms with E-state index in [0.29, 0.717) is 63.8 Å². The molecule has 4 N–H and O–H groups in total. The molecule has 1 aromatic carbocycles. The average Bonchev–Trinajstić information content (AvgIpc) is 3.83. The number of hydrogen-bond acceptors (Lipinski definition) is 15. The summed E-state index contributed by atoms with van der Waals surface area (Å²) in [7, 11) is 5.39. The summed E-state index contributed by atoms with van der Waals surface area (Å²) in [6.45, 7) is 18.5. The highest BCUT2D eigenvalue weighted by Gasteiger charge is 2.59. The van der Waals surface area contributed by atoms with Crippen LogP contribution in [0.25, 0.3) is 11.3 Å². The number of methoxy groups -OCH3 is 1. The van der Waals surface area contributed by atoms with Gasteiger partial charge < -0.3 is 44.7 Å². The maximum absolute atomic E-state index is 14.6. The fourth-order valence-corrected chi connectivity index (χ4v) is 9.78. The number of amides is 1. The van der Waals surface area contributed by atoms with Gasteiger partial charge in [0, 0.05) is 67.9 Å². The largest absolute Gasteiger partial charge is 0.458 e. The first-order valence-corrected chi connectivity index (χ1v) is 23.6. The number of carbonyl (C=O) groups is 3. The minimum absolute atomic E-state index is 0.0542. The lowest BCUT2D eigenvalue weighted by Crippen LogP contribution is -2.61. The van der Waals surface area contributed by atoms with Crippen LogP contribution in [0.4, 0.5) is 14.4 Å². The standard InChI is InChI=1S/C45H71N7O9.CH3FS/c1-12-19-45(57-11)24-27(3)25-47-31(7)39-44(8,61-43(56)52(39)21-15-14-20-51-26-34(48-49-51)32-17-16-18-33(46)23-32)36(13-2)59-41(55)30(6)37(53)29(5)40(45)60-42-38(54)35(50(9)10)22-28(4)58-42;1-3-2/h12,16-18,23,26-31,35-36,38-40,42,47,54H,1,13-15,19-22,24-25,46H2,2-11H3;1H3/t27-,28?,29+,30-,31-,35?,36-,38?,39-,40-,42+,44-,45-;/m1./s1. The molecule has 4 heterocycles. The van der Waals surface area contributed by atoms with E-state index >= 15 is 0 Å². The van der Waals surface area contributed by atoms with Crippen LogP contribution >= 0.6 is 12.1 Å². The van der Waals surface area contributed by atoms with Gasteiger partial charge in [-0.2, -0.15) is 3.89 Å². The van der Waals surface area contributed by atoms with Gasteiger partial charge in [-0.1, -0.05) is 44.2 Å². The molecule has 0 radical (unpaired) electrons. The number of carbonyl (C=O) groups excluding carboxylic acids is 3. The molecule has 16 nitrogen and oxygen atoms in total. The Kier molecular flexibility index (Phi) is 19.6. The number of rotatable bonds is 13. The molecule has 2 aromatic rings. The smallest absolute Gasteiger partial charge is 0.410 e. The number of aromatic nitrogens is 3. The third kappa shape index (κ3) is 12.4. The molecule has 3 fully saturated rings. The van der Waals surface area contributed by atoms with Crippen molar-refractivity contribution in [1.29, 1.82) is 0 Å². The number of aliphatic hydroxyl groups excluding tert-OH is 1. The maximum atomic E-state index is 14.6. The number of esters is 1. The number of anilines is 1. The number of hydrogen-bond donors (Lipinski definition) is 3. The van der Waals surface area contributed by atoms with Crippen molar-refractivity contribution >= 4 is 35.7 Å². The van der Waals surface area contributed by atoms with E-state index in [-0.39, 0.29) is 36.3 Å². The van der Waals surface area contributed by atoms with Crippen molar-refractivity contribution in [3.8, 4) is 11.3 Å². The number of ketones is 1. The van der Waals surface area contributed by atoms with Gasteiger partial charge in [0.1, 0.15) is 23.8 Å². The second-order valence-corrected chi connectivity index (χ2v) is 18.5. The van der Waals surface area contributed by atoms with Crippen molar-refractivity contribution in [2.75, 3.05) is 46.3 Å². The van der Waals surface area contributed by atoms with Gasteiger partial charge in [0.2, 0.25) is 0 Å². The highest BCUT2D eigenvalue weighted by molar-refractivity contribution is 7.93. The molecular weight excluding hydrogens is 846 g/mol. The lowest BCUT2D eigenvalue weighted by Gasteiger charge is -2.47. The first kappa shape index (κ1) is 53.0. The topological polar surface area (TPSA) is 193 Å². The van der Waals surface area contributed by atoms with E-state index in [9.17, 15) is 23.4 Å². The van der Waals surface area contributed by atoms with Gasteiger partial charge in [-0.15, -0.1) is 11.7 Å². The first-order valence-electron chi connectivity index (χ1n) is 22.5. The molecule has 3 unspecified atom stereocenters. The predicted octanol–water partition coefficient (Wildman–Crippen LogP) is 6.07. The molecule has 1 aromatic heterocycles. The van der Waals surface area contributed by atoms with Crippen LogP contribution in [0.2, 0.25) is 0 Å². The van der Waals surface area contributed by atoms with Gasteiger partial charge in [0.25, 0.3) is 0 Å². The number of Topliss-reactive ketones (excluding diaryl/α,β-unsaturated/α-hetero) is 1. The van der Waals surface area contributed by atoms with Crippen molar-refractivity contribution < 1.29 is 47.1 Å². The number of fused-ring (bicyclic) bond motifs is 1. The van der Waals surface area contributed by atoms with E-state index < -0.39 is 71.5 Å². The number of unbranched alkanes of at least 4 members (excludes halogenated alkanes) is 1. The number of halogens is 1. The van der Waals surface area contributed by atoms with E-state index in [1.807, 2.05) is 77.2 Å². The van der Waals surface area contributed by atoms with Gasteiger partial charge >= 0.3 is 12.1 Å². The third-order valence-electron chi connectivity index (χ3n) is 13.1. The Morgan fingerprint density at radius 3 is 2.47 bits per heavy atom. The van der Waals surface area contributed by atoms with Crippen molar-refractivity contribution in [2.24, 2.45) is 17.8 Å². The zero-order valence-electron chi connectivity index (χ0n) is 39.7. The summed E-state index contributed by atoms with van der Waals surface area (Å²) in [4.78, 5) is 46.2. The number of nitrogens with two attached hydrogens (primary N) is 1. The van der Waals surface area contributed by atoms with Crippen LogP contribution < -0.4 is 11.1 Å². The SMILES string of the molecule is C=CC[C@@]1(OC)C[C@@H](C)CN[C@H](C)[C@H]2N(CCCCn3cc(-c4cccc(N)c4)nn3)C(=O)O[C@]2(C)[C@@H](CC)OC(=O)[C@H](C)C(=O)[C@H](C)[C@H]1O[C@@H]1OC(C)CC(N(C)C)C1O.CSF. The average molecular weight is 920 g/mol. The Balaban J connectivity index is 0.00000291. The number of aliphatic hydroxyl groups is 1. The van der Waals surface area contributed by atoms with Gasteiger partial charge in [0.15, 0.2) is 17.7 Å². The van der Waals surface area contributed by atoms with Crippen molar-refractivity contribution in [3.63, 3.8) is 0 Å². The second kappa shape index (κ2) is 23.7. The van der Waals surface area contributed by atoms with Gasteiger partial charge in [-0.25, -0.2) is 4.79 Å². The number of cyclic esters (lactones) is 1. The van der Waals surface area contributed by atoms with E-state index in [4.69, 9.17) is 29.4 Å². The molecular formula is C46H74FN7O9S. The molecule has 0 aliphatic carbocycles. The Bertz CT molecular complexity index is 1840. The Morgan fingerprint density at radius 2 is 1.84 bits per heavy atom. The van der Waals surface area contributed by atoms with Crippen LogP contribution in [-0.4, -0.2) is 148 Å². The minimum Gasteiger partial charge on any atom is -0.458 e. The fraction of sp³-hybridized carbons (Fsp3) is 0.717. The molecule has 3 saturated heterocycles. The van der Waals surface area contributed by atoms with E-state index in [1.165, 1.54) is 13.2 Å². The summed E-state index contributed by atoms with van der Waals surface area (Å²) in [6, 6.07) is 6.39. The number of nitrogen functional groups attached to an aromatic ring is 1. The minimum atomic E-state index is -1.25. The number of ether oxygens (including phenoxy) is 5. The highest BCUT2D eigenvalue weighted by Crippen LogP contribution is 2.41. The molecule has 64 heavy (non-hydrogen) atoms. The number of aryl methyl sites for hydroxylation is 1. The van der Waals surface area contributed by atoms with E-state index in [2.05, 4.69) is 29.1 Å². The lowest BCUT2D eigenvalue weighted by atomic mass is 9.75. The van der Waals surface area contributed by atoms with Crippen molar-refractivity contribution in [3.05, 3.63) is 43.1 Å². The molecule has 3 aliphatic rings. The normalized spacial score (nSPS) is 34.2. The molecule has 360 valence electrons. The molecule has 3 aliphatic heterocycles. The fourth-order valence-electron chi connectivity index (χ4n) is 9.78. The molecule has 0 saturated carbocycles. The van der Waals surface area contributed by atoms with Gasteiger partial charge in [-0.05, 0) is 105 Å². The molecule has 0 bridgehead atoms. The van der Waals surface area contributed by atoms with Crippen LogP contribution in [0, 0.1) is 17.8 Å².